The van der Waals surface area contributed by atoms with Crippen molar-refractivity contribution >= 4 is 58.6 Å². The van der Waals surface area contributed by atoms with Crippen LogP contribution < -0.4 is 0 Å². The molecule has 6 nitrogen and oxygen atoms in total. The first kappa shape index (κ1) is 24.6. The number of alkyl halides is 4. The monoisotopic (exact) mass is 496 g/mol. The Kier molecular flexibility index (Phi) is 7.15. The van der Waals surface area contributed by atoms with Gasteiger partial charge >= 0.3 is 18.1 Å². The lowest BCUT2D eigenvalue weighted by Crippen LogP contribution is -2.52. The number of fused-ring (bicyclic) bond motifs is 2. The van der Waals surface area contributed by atoms with Gasteiger partial charge < -0.3 is 19.3 Å². The van der Waals surface area contributed by atoms with E-state index in [4.69, 9.17) is 55.9 Å². The summed E-state index contributed by atoms with van der Waals surface area (Å²) in [5.41, 5.74) is 0. The molecular formula is C17H22Cl4F2N2O4. The van der Waals surface area contributed by atoms with Gasteiger partial charge in [-0.1, -0.05) is 23.2 Å². The summed E-state index contributed by atoms with van der Waals surface area (Å²) in [5, 5.41) is -1.29. The van der Waals surface area contributed by atoms with Gasteiger partial charge in [-0.2, -0.15) is 0 Å². The van der Waals surface area contributed by atoms with Gasteiger partial charge in [-0.15, -0.1) is 23.2 Å². The fourth-order valence-electron chi connectivity index (χ4n) is 3.50. The van der Waals surface area contributed by atoms with E-state index in [9.17, 15) is 9.59 Å². The lowest BCUT2D eigenvalue weighted by atomic mass is 9.99. The van der Waals surface area contributed by atoms with Crippen LogP contribution in [0.4, 0.5) is 18.4 Å². The zero-order valence-corrected chi connectivity index (χ0v) is 19.3. The normalized spacial score (nSPS) is 32.3. The number of carbonyl (C=O) groups is 2. The Morgan fingerprint density at radius 1 is 0.828 bits per heavy atom. The molecule has 166 valence electrons. The van der Waals surface area contributed by atoms with E-state index in [0.717, 1.165) is 0 Å². The molecule has 0 saturated heterocycles. The summed E-state index contributed by atoms with van der Waals surface area (Å²) in [7, 11) is 0. The maximum atomic E-state index is 15.3. The summed E-state index contributed by atoms with van der Waals surface area (Å²) in [6.07, 6.45) is -5.57. The van der Waals surface area contributed by atoms with E-state index in [1.807, 2.05) is 0 Å². The van der Waals surface area contributed by atoms with E-state index < -0.39 is 50.1 Å². The van der Waals surface area contributed by atoms with Crippen LogP contribution in [0.5, 0.6) is 0 Å². The maximum absolute atomic E-state index is 15.3. The number of ether oxygens (including phenoxy) is 2. The summed E-state index contributed by atoms with van der Waals surface area (Å²) in [5.74, 6) is -3.97. The van der Waals surface area contributed by atoms with Crippen molar-refractivity contribution in [3.05, 3.63) is 10.1 Å². The van der Waals surface area contributed by atoms with Gasteiger partial charge in [0, 0.05) is 26.2 Å². The molecule has 4 unspecified atom stereocenters. The third-order valence-electron chi connectivity index (χ3n) is 5.30. The van der Waals surface area contributed by atoms with Gasteiger partial charge in [0.25, 0.3) is 0 Å². The van der Waals surface area contributed by atoms with Gasteiger partial charge in [0.1, 0.15) is 0 Å². The van der Waals surface area contributed by atoms with Crippen molar-refractivity contribution in [2.24, 2.45) is 0 Å². The first-order valence-corrected chi connectivity index (χ1v) is 10.6. The van der Waals surface area contributed by atoms with Crippen LogP contribution in [0.15, 0.2) is 10.1 Å². The largest absolute Gasteiger partial charge is 0.439 e. The number of halogens is 6. The third-order valence-corrected chi connectivity index (χ3v) is 7.85. The van der Waals surface area contributed by atoms with Crippen LogP contribution in [0, 0.1) is 0 Å². The smallest absolute Gasteiger partial charge is 0.410 e. The minimum Gasteiger partial charge on any atom is -0.439 e. The molecule has 2 amide bonds. The van der Waals surface area contributed by atoms with E-state index in [1.165, 1.54) is 9.80 Å². The molecule has 4 atom stereocenters. The third kappa shape index (κ3) is 3.25. The van der Waals surface area contributed by atoms with Gasteiger partial charge in [0.15, 0.2) is 22.0 Å². The quantitative estimate of drug-likeness (QED) is 0.485. The van der Waals surface area contributed by atoms with E-state index in [2.05, 4.69) is 0 Å². The number of carbonyl (C=O) groups excluding carboxylic acids is 2. The van der Waals surface area contributed by atoms with Crippen molar-refractivity contribution in [1.29, 1.82) is 0 Å². The first-order chi connectivity index (χ1) is 13.4. The molecule has 29 heavy (non-hydrogen) atoms. The Hall–Kier alpha value is -0.700. The minimum atomic E-state index is -3.97. The topological polar surface area (TPSA) is 59.1 Å². The summed E-state index contributed by atoms with van der Waals surface area (Å²) >= 11 is 24.5. The highest BCUT2D eigenvalue weighted by Gasteiger charge is 2.88. The van der Waals surface area contributed by atoms with E-state index >= 15 is 8.78 Å². The molecule has 1 fully saturated rings. The number of amides is 2. The van der Waals surface area contributed by atoms with Gasteiger partial charge in [-0.25, -0.2) is 18.4 Å². The van der Waals surface area contributed by atoms with Crippen molar-refractivity contribution in [3.63, 3.8) is 0 Å². The number of hydrogen-bond acceptors (Lipinski definition) is 4. The van der Waals surface area contributed by atoms with Crippen LogP contribution in [0.3, 0.4) is 0 Å². The maximum Gasteiger partial charge on any atom is 0.410 e. The van der Waals surface area contributed by atoms with E-state index in [1.54, 1.807) is 27.7 Å². The molecule has 0 aromatic carbocycles. The fraction of sp³-hybridized carbons (Fsp3) is 0.765. The highest BCUT2D eigenvalue weighted by atomic mass is 35.5. The molecule has 0 spiro atoms. The molecule has 0 aromatic rings. The molecule has 2 aliphatic rings. The van der Waals surface area contributed by atoms with Crippen LogP contribution in [-0.4, -0.2) is 76.0 Å². The van der Waals surface area contributed by atoms with Crippen molar-refractivity contribution in [1.82, 2.24) is 9.80 Å². The Balaban J connectivity index is 2.53. The van der Waals surface area contributed by atoms with Crippen LogP contribution >= 0.6 is 46.4 Å². The minimum absolute atomic E-state index is 0.258. The van der Waals surface area contributed by atoms with Crippen LogP contribution in [0.25, 0.3) is 0 Å². The molecule has 2 aliphatic carbocycles. The van der Waals surface area contributed by atoms with E-state index in [0.29, 0.717) is 0 Å². The second-order valence-electron chi connectivity index (χ2n) is 6.58. The molecule has 0 aliphatic heterocycles. The SMILES string of the molecule is CCN(CC)C(=O)OC1C(OC(=O)N(CC)CC)C2(Cl)C(Cl)=C(Cl)C1(Cl)C2(F)F. The van der Waals surface area contributed by atoms with Crippen molar-refractivity contribution in [2.45, 2.75) is 55.6 Å². The molecule has 2 bridgehead atoms. The van der Waals surface area contributed by atoms with Crippen LogP contribution in [0.2, 0.25) is 0 Å². The molecular weight excluding hydrogens is 476 g/mol. The Labute approximate surface area is 187 Å². The first-order valence-electron chi connectivity index (χ1n) is 9.12. The second-order valence-corrected chi connectivity index (χ2v) is 8.53. The predicted octanol–water partition coefficient (Wildman–Crippen LogP) is 4.99. The fourth-order valence-corrected chi connectivity index (χ4v) is 5.20. The summed E-state index contributed by atoms with van der Waals surface area (Å²) < 4.78 is 41.2. The number of rotatable bonds is 6. The van der Waals surface area contributed by atoms with Crippen molar-refractivity contribution < 1.29 is 27.8 Å². The van der Waals surface area contributed by atoms with E-state index in [-0.39, 0.29) is 26.2 Å². The van der Waals surface area contributed by atoms with Crippen molar-refractivity contribution in [2.75, 3.05) is 26.2 Å². The zero-order chi connectivity index (χ0) is 22.4. The molecule has 0 aromatic heterocycles. The highest BCUT2D eigenvalue weighted by molar-refractivity contribution is 6.52. The van der Waals surface area contributed by atoms with Gasteiger partial charge in [0.2, 0.25) is 0 Å². The lowest BCUT2D eigenvalue weighted by molar-refractivity contribution is -0.0363. The average molecular weight is 498 g/mol. The lowest BCUT2D eigenvalue weighted by Gasteiger charge is -2.36. The summed E-state index contributed by atoms with van der Waals surface area (Å²) in [4.78, 5) is 21.9. The van der Waals surface area contributed by atoms with Gasteiger partial charge in [-0.3, -0.25) is 0 Å². The molecule has 0 N–H and O–H groups in total. The Bertz CT molecular complexity index is 662. The highest BCUT2D eigenvalue weighted by Crippen LogP contribution is 2.71. The summed E-state index contributed by atoms with van der Waals surface area (Å²) in [6, 6.07) is 0. The van der Waals surface area contributed by atoms with Crippen molar-refractivity contribution in [3.8, 4) is 0 Å². The van der Waals surface area contributed by atoms with Crippen LogP contribution in [-0.2, 0) is 9.47 Å². The number of hydrogen-bond donors (Lipinski definition) is 0. The predicted molar refractivity (Wildman–Crippen MR) is 107 cm³/mol. The standard InChI is InChI=1S/C17H22Cl4F2N2O4/c1-5-24(6-2)13(26)28-11-12(29-14(27)25(7-3)8-4)16(21)10(19)9(18)15(11,20)17(16,22)23/h11-12H,5-8H2,1-4H3. The second kappa shape index (κ2) is 8.44. The average Bonchev–Trinajstić information content (AvgIpc) is 2.86. The molecule has 1 saturated carbocycles. The molecule has 0 radical (unpaired) electrons. The number of nitrogens with zero attached hydrogens (tertiary/aromatic N) is 2. The molecule has 2 rings (SSSR count). The Morgan fingerprint density at radius 3 is 1.34 bits per heavy atom. The van der Waals surface area contributed by atoms with Gasteiger partial charge in [-0.05, 0) is 27.7 Å². The summed E-state index contributed by atoms with van der Waals surface area (Å²) in [6.45, 7) is 7.76. The van der Waals surface area contributed by atoms with Gasteiger partial charge in [0.05, 0.1) is 10.1 Å². The molecule has 12 heteroatoms. The zero-order valence-electron chi connectivity index (χ0n) is 16.3. The van der Waals surface area contributed by atoms with Crippen LogP contribution in [0.1, 0.15) is 27.7 Å². The molecule has 0 heterocycles. The Morgan fingerprint density at radius 2 is 1.10 bits per heavy atom.